The maximum absolute atomic E-state index is 9.74. The second-order valence-electron chi connectivity index (χ2n) is 3.47. The number of hydrogen-bond donors (Lipinski definition) is 1. The van der Waals surface area contributed by atoms with Gasteiger partial charge in [0.1, 0.15) is 0 Å². The van der Waals surface area contributed by atoms with Gasteiger partial charge in [0.25, 0.3) is 0 Å². The molecule has 1 aliphatic rings. The predicted octanol–water partition coefficient (Wildman–Crippen LogP) is 3.21. The van der Waals surface area contributed by atoms with E-state index in [1.165, 1.54) is 4.90 Å². The smallest absolute Gasteiger partial charge is 0.0848 e. The van der Waals surface area contributed by atoms with Crippen LogP contribution in [-0.2, 0) is 0 Å². The SMILES string of the molecule is O[C@@H]1CCCC=C1Sc1ccccc1. The maximum atomic E-state index is 9.74. The van der Waals surface area contributed by atoms with Crippen molar-refractivity contribution in [3.8, 4) is 0 Å². The average Bonchev–Trinajstić information content (AvgIpc) is 2.23. The first-order valence-electron chi connectivity index (χ1n) is 4.97. The van der Waals surface area contributed by atoms with Crippen LogP contribution in [0.15, 0.2) is 46.2 Å². The molecule has 1 aliphatic carbocycles. The van der Waals surface area contributed by atoms with E-state index in [-0.39, 0.29) is 6.10 Å². The molecule has 0 aromatic heterocycles. The van der Waals surface area contributed by atoms with Crippen molar-refractivity contribution >= 4 is 11.8 Å². The number of rotatable bonds is 2. The topological polar surface area (TPSA) is 20.2 Å². The van der Waals surface area contributed by atoms with Gasteiger partial charge in [-0.15, -0.1) is 0 Å². The molecule has 2 heteroatoms. The Hall–Kier alpha value is -0.730. The van der Waals surface area contributed by atoms with Crippen LogP contribution in [0.2, 0.25) is 0 Å². The standard InChI is InChI=1S/C12H14OS/c13-11-8-4-5-9-12(11)14-10-6-2-1-3-7-10/h1-3,6-7,9,11,13H,4-5,8H2/t11-/m1/s1. The zero-order valence-electron chi connectivity index (χ0n) is 8.02. The van der Waals surface area contributed by atoms with E-state index in [2.05, 4.69) is 18.2 Å². The summed E-state index contributed by atoms with van der Waals surface area (Å²) in [5, 5.41) is 9.74. The van der Waals surface area contributed by atoms with Crippen LogP contribution >= 0.6 is 11.8 Å². The summed E-state index contributed by atoms with van der Waals surface area (Å²) in [6, 6.07) is 10.2. The highest BCUT2D eigenvalue weighted by molar-refractivity contribution is 8.03. The fourth-order valence-electron chi connectivity index (χ4n) is 1.57. The molecule has 1 nitrogen and oxygen atoms in total. The summed E-state index contributed by atoms with van der Waals surface area (Å²) in [6.07, 6.45) is 5.04. The van der Waals surface area contributed by atoms with E-state index >= 15 is 0 Å². The lowest BCUT2D eigenvalue weighted by Crippen LogP contribution is -2.11. The Balaban J connectivity index is 2.07. The van der Waals surface area contributed by atoms with E-state index in [1.807, 2.05) is 18.2 Å². The van der Waals surface area contributed by atoms with Gasteiger partial charge in [-0.05, 0) is 31.4 Å². The lowest BCUT2D eigenvalue weighted by atomic mass is 10.1. The summed E-state index contributed by atoms with van der Waals surface area (Å²) in [5.74, 6) is 0. The molecule has 0 radical (unpaired) electrons. The summed E-state index contributed by atoms with van der Waals surface area (Å²) >= 11 is 1.68. The van der Waals surface area contributed by atoms with Gasteiger partial charge in [0.15, 0.2) is 0 Å². The van der Waals surface area contributed by atoms with E-state index in [0.717, 1.165) is 24.2 Å². The molecule has 1 aromatic rings. The normalized spacial score (nSPS) is 21.8. The van der Waals surface area contributed by atoms with Crippen LogP contribution in [0.4, 0.5) is 0 Å². The van der Waals surface area contributed by atoms with Gasteiger partial charge in [-0.3, -0.25) is 0 Å². The zero-order valence-corrected chi connectivity index (χ0v) is 8.83. The number of hydrogen-bond acceptors (Lipinski definition) is 2. The van der Waals surface area contributed by atoms with Crippen LogP contribution in [0, 0.1) is 0 Å². The van der Waals surface area contributed by atoms with Gasteiger partial charge in [0.05, 0.1) is 6.10 Å². The van der Waals surface area contributed by atoms with Crippen LogP contribution in [0.3, 0.4) is 0 Å². The molecule has 2 rings (SSSR count). The molecule has 1 N–H and O–H groups in total. The van der Waals surface area contributed by atoms with Crippen molar-refractivity contribution in [1.29, 1.82) is 0 Å². The lowest BCUT2D eigenvalue weighted by molar-refractivity contribution is 0.200. The highest BCUT2D eigenvalue weighted by Crippen LogP contribution is 2.33. The number of allylic oxidation sites excluding steroid dienone is 1. The molecule has 0 fully saturated rings. The molecule has 14 heavy (non-hydrogen) atoms. The number of aliphatic hydroxyl groups is 1. The minimum absolute atomic E-state index is 0.242. The largest absolute Gasteiger partial charge is 0.388 e. The van der Waals surface area contributed by atoms with Gasteiger partial charge in [-0.1, -0.05) is 36.0 Å². The zero-order chi connectivity index (χ0) is 9.80. The molecule has 0 aliphatic heterocycles. The Kier molecular flexibility index (Phi) is 3.27. The molecule has 0 saturated carbocycles. The van der Waals surface area contributed by atoms with Crippen LogP contribution in [-0.4, -0.2) is 11.2 Å². The molecular formula is C12H14OS. The maximum Gasteiger partial charge on any atom is 0.0848 e. The van der Waals surface area contributed by atoms with Crippen molar-refractivity contribution in [1.82, 2.24) is 0 Å². The fourth-order valence-corrected chi connectivity index (χ4v) is 2.59. The summed E-state index contributed by atoms with van der Waals surface area (Å²) in [6.45, 7) is 0. The Labute approximate surface area is 88.8 Å². The Morgan fingerprint density at radius 1 is 1.21 bits per heavy atom. The average molecular weight is 206 g/mol. The molecule has 0 amide bonds. The third-order valence-corrected chi connectivity index (χ3v) is 3.52. The van der Waals surface area contributed by atoms with Gasteiger partial charge in [0.2, 0.25) is 0 Å². The second kappa shape index (κ2) is 4.67. The van der Waals surface area contributed by atoms with E-state index in [1.54, 1.807) is 11.8 Å². The quantitative estimate of drug-likeness (QED) is 0.801. The van der Waals surface area contributed by atoms with Gasteiger partial charge in [-0.25, -0.2) is 0 Å². The second-order valence-corrected chi connectivity index (χ2v) is 4.62. The summed E-state index contributed by atoms with van der Waals surface area (Å²) in [7, 11) is 0. The highest BCUT2D eigenvalue weighted by Gasteiger charge is 2.15. The van der Waals surface area contributed by atoms with Crippen molar-refractivity contribution in [3.63, 3.8) is 0 Å². The van der Waals surface area contributed by atoms with E-state index in [9.17, 15) is 5.11 Å². The summed E-state index contributed by atoms with van der Waals surface area (Å²) in [4.78, 5) is 2.32. The van der Waals surface area contributed by atoms with Crippen molar-refractivity contribution in [2.45, 2.75) is 30.3 Å². The minimum Gasteiger partial charge on any atom is -0.388 e. The first-order chi connectivity index (χ1) is 6.86. The molecule has 0 bridgehead atoms. The summed E-state index contributed by atoms with van der Waals surface area (Å²) < 4.78 is 0. The molecular weight excluding hydrogens is 192 g/mol. The molecule has 0 saturated heterocycles. The van der Waals surface area contributed by atoms with Crippen molar-refractivity contribution in [3.05, 3.63) is 41.3 Å². The Morgan fingerprint density at radius 3 is 2.71 bits per heavy atom. The van der Waals surface area contributed by atoms with Gasteiger partial charge >= 0.3 is 0 Å². The molecule has 1 atom stereocenters. The molecule has 1 aromatic carbocycles. The van der Waals surface area contributed by atoms with Crippen molar-refractivity contribution in [2.24, 2.45) is 0 Å². The number of aliphatic hydroxyl groups excluding tert-OH is 1. The number of benzene rings is 1. The van der Waals surface area contributed by atoms with Crippen LogP contribution in [0.5, 0.6) is 0 Å². The fraction of sp³-hybridized carbons (Fsp3) is 0.333. The third kappa shape index (κ3) is 2.40. The van der Waals surface area contributed by atoms with Crippen molar-refractivity contribution in [2.75, 3.05) is 0 Å². The molecule has 0 unspecified atom stereocenters. The Morgan fingerprint density at radius 2 is 2.00 bits per heavy atom. The van der Waals surface area contributed by atoms with E-state index < -0.39 is 0 Å². The van der Waals surface area contributed by atoms with Gasteiger partial charge in [-0.2, -0.15) is 0 Å². The minimum atomic E-state index is -0.242. The predicted molar refractivity (Wildman–Crippen MR) is 60.2 cm³/mol. The monoisotopic (exact) mass is 206 g/mol. The van der Waals surface area contributed by atoms with Crippen molar-refractivity contribution < 1.29 is 5.11 Å². The van der Waals surface area contributed by atoms with E-state index in [4.69, 9.17) is 0 Å². The number of thioether (sulfide) groups is 1. The highest BCUT2D eigenvalue weighted by atomic mass is 32.2. The van der Waals surface area contributed by atoms with Crippen LogP contribution in [0.25, 0.3) is 0 Å². The summed E-state index contributed by atoms with van der Waals surface area (Å²) in [5.41, 5.74) is 0. The van der Waals surface area contributed by atoms with Crippen LogP contribution < -0.4 is 0 Å². The first kappa shape index (κ1) is 9.81. The van der Waals surface area contributed by atoms with E-state index in [0.29, 0.717) is 0 Å². The van der Waals surface area contributed by atoms with Gasteiger partial charge < -0.3 is 5.11 Å². The molecule has 74 valence electrons. The lowest BCUT2D eigenvalue weighted by Gasteiger charge is -2.18. The first-order valence-corrected chi connectivity index (χ1v) is 5.79. The van der Waals surface area contributed by atoms with Gasteiger partial charge in [0, 0.05) is 9.80 Å². The van der Waals surface area contributed by atoms with Crippen LogP contribution in [0.1, 0.15) is 19.3 Å². The third-order valence-electron chi connectivity index (χ3n) is 2.33. The molecule has 0 heterocycles. The molecule has 0 spiro atoms. The Bertz CT molecular complexity index is 318.